The van der Waals surface area contributed by atoms with Crippen molar-refractivity contribution in [3.8, 4) is 22.9 Å². The number of para-hydroxylation sites is 2. The molecule has 1 saturated carbocycles. The molecule has 32 heavy (non-hydrogen) atoms. The van der Waals surface area contributed by atoms with Crippen LogP contribution < -0.4 is 9.47 Å². The van der Waals surface area contributed by atoms with Gasteiger partial charge in [-0.1, -0.05) is 60.3 Å². The largest absolute Gasteiger partial charge is 0.493 e. The van der Waals surface area contributed by atoms with Crippen molar-refractivity contribution in [3.05, 3.63) is 60.0 Å². The highest BCUT2D eigenvalue weighted by Gasteiger charge is 2.28. The molecule has 0 unspecified atom stereocenters. The van der Waals surface area contributed by atoms with Crippen LogP contribution in [0.4, 0.5) is 0 Å². The third-order valence-electron chi connectivity index (χ3n) is 5.81. The number of carbonyl (C=O) groups excluding carboxylic acids is 1. The molecule has 7 nitrogen and oxygen atoms in total. The molecule has 1 aromatic heterocycles. The summed E-state index contributed by atoms with van der Waals surface area (Å²) < 4.78 is 16.6. The molecule has 0 aliphatic heterocycles. The Balaban J connectivity index is 1.49. The van der Waals surface area contributed by atoms with Gasteiger partial charge >= 0.3 is 0 Å². The maximum Gasteiger partial charge on any atom is 0.261 e. The zero-order valence-corrected chi connectivity index (χ0v) is 18.6. The first kappa shape index (κ1) is 21.9. The van der Waals surface area contributed by atoms with Crippen molar-refractivity contribution in [2.75, 3.05) is 13.7 Å². The molecule has 168 valence electrons. The molecule has 1 heterocycles. The van der Waals surface area contributed by atoms with Crippen molar-refractivity contribution in [2.24, 2.45) is 0 Å². The predicted molar refractivity (Wildman–Crippen MR) is 120 cm³/mol. The summed E-state index contributed by atoms with van der Waals surface area (Å²) in [5.41, 5.74) is 2.02. The fraction of sp³-hybridized carbons (Fsp3) is 0.400. The van der Waals surface area contributed by atoms with E-state index in [1.165, 1.54) is 6.42 Å². The molecule has 1 fully saturated rings. The third kappa shape index (κ3) is 5.28. The fourth-order valence-corrected chi connectivity index (χ4v) is 4.14. The van der Waals surface area contributed by atoms with Crippen molar-refractivity contribution < 1.29 is 18.8 Å². The highest BCUT2D eigenvalue weighted by molar-refractivity contribution is 5.78. The summed E-state index contributed by atoms with van der Waals surface area (Å²) in [6.07, 6.45) is 5.37. The first-order valence-corrected chi connectivity index (χ1v) is 11.1. The number of hydrogen-bond acceptors (Lipinski definition) is 6. The summed E-state index contributed by atoms with van der Waals surface area (Å²) in [7, 11) is 1.58. The molecule has 7 heteroatoms. The van der Waals surface area contributed by atoms with Crippen molar-refractivity contribution in [1.29, 1.82) is 0 Å². The van der Waals surface area contributed by atoms with Crippen LogP contribution in [0.3, 0.4) is 0 Å². The molecule has 3 aromatic rings. The summed E-state index contributed by atoms with van der Waals surface area (Å²) in [4.78, 5) is 19.6. The SMILES string of the molecule is COc1ccccc1OCC(=O)N(Cc1nc(-c2cccc(C)c2)no1)C1CCCCC1. The Morgan fingerprint density at radius 1 is 1.09 bits per heavy atom. The van der Waals surface area contributed by atoms with Gasteiger partial charge in [-0.25, -0.2) is 0 Å². The Morgan fingerprint density at radius 2 is 1.88 bits per heavy atom. The summed E-state index contributed by atoms with van der Waals surface area (Å²) >= 11 is 0. The van der Waals surface area contributed by atoms with Crippen LogP contribution in [0.5, 0.6) is 11.5 Å². The Labute approximate surface area is 188 Å². The van der Waals surface area contributed by atoms with Gasteiger partial charge in [0.2, 0.25) is 11.7 Å². The van der Waals surface area contributed by atoms with Gasteiger partial charge in [-0.15, -0.1) is 0 Å². The Hall–Kier alpha value is -3.35. The van der Waals surface area contributed by atoms with Crippen LogP contribution in [0.25, 0.3) is 11.4 Å². The lowest BCUT2D eigenvalue weighted by Crippen LogP contribution is -2.43. The molecular weight excluding hydrogens is 406 g/mol. The van der Waals surface area contributed by atoms with E-state index in [2.05, 4.69) is 10.1 Å². The molecule has 0 radical (unpaired) electrons. The highest BCUT2D eigenvalue weighted by Crippen LogP contribution is 2.27. The maximum absolute atomic E-state index is 13.2. The zero-order chi connectivity index (χ0) is 22.3. The Morgan fingerprint density at radius 3 is 2.62 bits per heavy atom. The lowest BCUT2D eigenvalue weighted by Gasteiger charge is -2.33. The lowest BCUT2D eigenvalue weighted by atomic mass is 9.94. The minimum Gasteiger partial charge on any atom is -0.493 e. The molecule has 0 spiro atoms. The van der Waals surface area contributed by atoms with Gasteiger partial charge in [0.25, 0.3) is 5.91 Å². The van der Waals surface area contributed by atoms with Gasteiger partial charge in [0, 0.05) is 11.6 Å². The minimum atomic E-state index is -0.0990. The van der Waals surface area contributed by atoms with E-state index in [0.29, 0.717) is 23.2 Å². The number of rotatable bonds is 8. The van der Waals surface area contributed by atoms with Crippen LogP contribution in [-0.4, -0.2) is 40.7 Å². The predicted octanol–water partition coefficient (Wildman–Crippen LogP) is 4.79. The van der Waals surface area contributed by atoms with Crippen molar-refractivity contribution in [3.63, 3.8) is 0 Å². The van der Waals surface area contributed by atoms with Crippen LogP contribution in [0.1, 0.15) is 43.6 Å². The average Bonchev–Trinajstić information content (AvgIpc) is 3.30. The second-order valence-corrected chi connectivity index (χ2v) is 8.13. The number of carbonyl (C=O) groups is 1. The summed E-state index contributed by atoms with van der Waals surface area (Å²) in [6.45, 7) is 2.23. The monoisotopic (exact) mass is 435 g/mol. The Bertz CT molecular complexity index is 1040. The number of aryl methyl sites for hydroxylation is 1. The molecule has 0 atom stereocenters. The standard InChI is InChI=1S/C25H29N3O4/c1-18-9-8-10-19(15-18)25-26-23(32-27-25)16-28(20-11-4-3-5-12-20)24(29)17-31-22-14-7-6-13-21(22)30-2/h6-10,13-15,20H,3-5,11-12,16-17H2,1-2H3. The van der Waals surface area contributed by atoms with Gasteiger partial charge in [0.05, 0.1) is 7.11 Å². The number of hydrogen-bond donors (Lipinski definition) is 0. The lowest BCUT2D eigenvalue weighted by molar-refractivity contribution is -0.137. The van der Waals surface area contributed by atoms with Crippen molar-refractivity contribution >= 4 is 5.91 Å². The second kappa shape index (κ2) is 10.3. The van der Waals surface area contributed by atoms with Crippen molar-refractivity contribution in [2.45, 2.75) is 51.6 Å². The quantitative estimate of drug-likeness (QED) is 0.506. The second-order valence-electron chi connectivity index (χ2n) is 8.13. The van der Waals surface area contributed by atoms with Crippen LogP contribution in [0, 0.1) is 6.92 Å². The van der Waals surface area contributed by atoms with Gasteiger partial charge in [0.15, 0.2) is 18.1 Å². The van der Waals surface area contributed by atoms with E-state index < -0.39 is 0 Å². The van der Waals surface area contributed by atoms with Crippen LogP contribution >= 0.6 is 0 Å². The van der Waals surface area contributed by atoms with E-state index in [1.807, 2.05) is 54.3 Å². The number of amides is 1. The molecule has 1 aliphatic rings. The van der Waals surface area contributed by atoms with Gasteiger partial charge < -0.3 is 18.9 Å². The van der Waals surface area contributed by atoms with Crippen molar-refractivity contribution in [1.82, 2.24) is 15.0 Å². The molecule has 0 saturated heterocycles. The molecule has 4 rings (SSSR count). The van der Waals surface area contributed by atoms with Crippen LogP contribution in [0.2, 0.25) is 0 Å². The number of nitrogens with zero attached hydrogens (tertiary/aromatic N) is 3. The molecule has 1 aliphatic carbocycles. The number of benzene rings is 2. The third-order valence-corrected chi connectivity index (χ3v) is 5.81. The van der Waals surface area contributed by atoms with Gasteiger partial charge in [0.1, 0.15) is 6.54 Å². The van der Waals surface area contributed by atoms with Gasteiger partial charge in [-0.3, -0.25) is 4.79 Å². The average molecular weight is 436 g/mol. The summed E-state index contributed by atoms with van der Waals surface area (Å²) in [5, 5.41) is 4.13. The van der Waals surface area contributed by atoms with Gasteiger partial charge in [-0.2, -0.15) is 4.98 Å². The van der Waals surface area contributed by atoms with Crippen LogP contribution in [-0.2, 0) is 11.3 Å². The van der Waals surface area contributed by atoms with E-state index >= 15 is 0 Å². The highest BCUT2D eigenvalue weighted by atomic mass is 16.5. The molecule has 1 amide bonds. The molecule has 2 aromatic carbocycles. The smallest absolute Gasteiger partial charge is 0.261 e. The number of aromatic nitrogens is 2. The van der Waals surface area contributed by atoms with E-state index in [-0.39, 0.29) is 25.1 Å². The molecule has 0 N–H and O–H groups in total. The van der Waals surface area contributed by atoms with E-state index in [4.69, 9.17) is 14.0 Å². The number of ether oxygens (including phenoxy) is 2. The minimum absolute atomic E-state index is 0.0737. The zero-order valence-electron chi connectivity index (χ0n) is 18.6. The summed E-state index contributed by atoms with van der Waals surface area (Å²) in [5.74, 6) is 2.01. The van der Waals surface area contributed by atoms with E-state index in [1.54, 1.807) is 13.2 Å². The van der Waals surface area contributed by atoms with E-state index in [0.717, 1.165) is 36.8 Å². The normalized spacial score (nSPS) is 14.2. The Kier molecular flexibility index (Phi) is 7.04. The maximum atomic E-state index is 13.2. The topological polar surface area (TPSA) is 77.7 Å². The molecular formula is C25H29N3O4. The van der Waals surface area contributed by atoms with Crippen LogP contribution in [0.15, 0.2) is 53.1 Å². The number of methoxy groups -OCH3 is 1. The van der Waals surface area contributed by atoms with Gasteiger partial charge in [-0.05, 0) is 38.0 Å². The first-order valence-electron chi connectivity index (χ1n) is 11.1. The summed E-state index contributed by atoms with van der Waals surface area (Å²) in [6, 6.07) is 15.4. The molecule has 0 bridgehead atoms. The van der Waals surface area contributed by atoms with E-state index in [9.17, 15) is 4.79 Å². The first-order chi connectivity index (χ1) is 15.6. The fourth-order valence-electron chi connectivity index (χ4n) is 4.14.